The highest BCUT2D eigenvalue weighted by atomic mass is 16.5. The van der Waals surface area contributed by atoms with Crippen LogP contribution in [-0.4, -0.2) is 43.3 Å². The number of piperidine rings is 1. The topological polar surface area (TPSA) is 38.5 Å². The molecule has 0 bridgehead atoms. The van der Waals surface area contributed by atoms with Crippen molar-refractivity contribution >= 4 is 0 Å². The van der Waals surface area contributed by atoms with Gasteiger partial charge in [0.25, 0.3) is 0 Å². The number of likely N-dealkylation sites (tertiary alicyclic amines) is 1. The molecule has 0 amide bonds. The van der Waals surface area contributed by atoms with Gasteiger partial charge in [0.05, 0.1) is 6.10 Å². The number of nitrogens with two attached hydrogens (primary N) is 1. The summed E-state index contributed by atoms with van der Waals surface area (Å²) in [6, 6.07) is 0. The van der Waals surface area contributed by atoms with Gasteiger partial charge in [-0.2, -0.15) is 0 Å². The quantitative estimate of drug-likeness (QED) is 0.864. The van der Waals surface area contributed by atoms with Crippen LogP contribution in [0, 0.1) is 11.3 Å². The van der Waals surface area contributed by atoms with Gasteiger partial charge in [0, 0.05) is 32.3 Å². The first kappa shape index (κ1) is 16.3. The third-order valence-electron chi connectivity index (χ3n) is 5.97. The van der Waals surface area contributed by atoms with Crippen molar-refractivity contribution in [1.29, 1.82) is 0 Å². The lowest BCUT2D eigenvalue weighted by atomic mass is 9.66. The number of hydrogen-bond donors (Lipinski definition) is 1. The Bertz CT molecular complexity index is 295. The maximum Gasteiger partial charge on any atom is 0.0595 e. The zero-order valence-corrected chi connectivity index (χ0v) is 14.0. The molecule has 1 saturated carbocycles. The van der Waals surface area contributed by atoms with Crippen LogP contribution in [-0.2, 0) is 4.74 Å². The molecule has 0 aromatic heterocycles. The second-order valence-corrected chi connectivity index (χ2v) is 7.99. The fourth-order valence-corrected chi connectivity index (χ4v) is 4.24. The maximum atomic E-state index is 6.22. The highest BCUT2D eigenvalue weighted by Crippen LogP contribution is 2.44. The number of hydrogen-bond acceptors (Lipinski definition) is 3. The van der Waals surface area contributed by atoms with Gasteiger partial charge >= 0.3 is 0 Å². The van der Waals surface area contributed by atoms with E-state index in [1.54, 1.807) is 0 Å². The van der Waals surface area contributed by atoms with Crippen molar-refractivity contribution in [2.75, 3.05) is 26.7 Å². The molecule has 0 aromatic rings. The monoisotopic (exact) mass is 282 g/mol. The Labute approximate surface area is 125 Å². The summed E-state index contributed by atoms with van der Waals surface area (Å²) in [5.41, 5.74) is 6.94. The van der Waals surface area contributed by atoms with E-state index in [9.17, 15) is 0 Å². The summed E-state index contributed by atoms with van der Waals surface area (Å²) in [4.78, 5) is 2.68. The van der Waals surface area contributed by atoms with E-state index in [0.717, 1.165) is 25.6 Å². The molecular formula is C17H34N2O. The summed E-state index contributed by atoms with van der Waals surface area (Å²) in [7, 11) is 1.84. The van der Waals surface area contributed by atoms with Crippen molar-refractivity contribution in [3.8, 4) is 0 Å². The van der Waals surface area contributed by atoms with E-state index >= 15 is 0 Å². The van der Waals surface area contributed by atoms with Crippen LogP contribution in [0.5, 0.6) is 0 Å². The van der Waals surface area contributed by atoms with Gasteiger partial charge in [-0.25, -0.2) is 0 Å². The van der Waals surface area contributed by atoms with Crippen LogP contribution in [0.3, 0.4) is 0 Å². The van der Waals surface area contributed by atoms with Crippen LogP contribution < -0.4 is 5.73 Å². The molecule has 2 rings (SSSR count). The molecule has 0 spiro atoms. The van der Waals surface area contributed by atoms with E-state index in [1.165, 1.54) is 38.5 Å². The molecule has 2 fully saturated rings. The summed E-state index contributed by atoms with van der Waals surface area (Å²) < 4.78 is 5.50. The molecule has 118 valence electrons. The van der Waals surface area contributed by atoms with Crippen LogP contribution in [0.15, 0.2) is 0 Å². The van der Waals surface area contributed by atoms with Crippen molar-refractivity contribution in [3.63, 3.8) is 0 Å². The highest BCUT2D eigenvalue weighted by Gasteiger charge is 2.42. The molecule has 1 aliphatic carbocycles. The summed E-state index contributed by atoms with van der Waals surface area (Å²) in [5, 5.41) is 0. The van der Waals surface area contributed by atoms with Crippen LogP contribution >= 0.6 is 0 Å². The number of nitrogens with zero attached hydrogens (tertiary/aromatic N) is 1. The van der Waals surface area contributed by atoms with Crippen molar-refractivity contribution in [2.45, 2.75) is 70.9 Å². The fraction of sp³-hybridized carbons (Fsp3) is 1.00. The second-order valence-electron chi connectivity index (χ2n) is 7.99. The Morgan fingerprint density at radius 1 is 1.10 bits per heavy atom. The Balaban J connectivity index is 1.95. The van der Waals surface area contributed by atoms with E-state index in [0.29, 0.717) is 11.5 Å². The molecular weight excluding hydrogens is 248 g/mol. The van der Waals surface area contributed by atoms with Gasteiger partial charge in [-0.3, -0.25) is 4.90 Å². The molecule has 3 heteroatoms. The lowest BCUT2D eigenvalue weighted by Gasteiger charge is -2.51. The summed E-state index contributed by atoms with van der Waals surface area (Å²) in [5.74, 6) is 0.860. The smallest absolute Gasteiger partial charge is 0.0595 e. The van der Waals surface area contributed by atoms with Gasteiger partial charge in [-0.15, -0.1) is 0 Å². The molecule has 2 aliphatic rings. The highest BCUT2D eigenvalue weighted by molar-refractivity contribution is 4.98. The van der Waals surface area contributed by atoms with Crippen molar-refractivity contribution in [3.05, 3.63) is 0 Å². The van der Waals surface area contributed by atoms with E-state index in [4.69, 9.17) is 10.5 Å². The van der Waals surface area contributed by atoms with E-state index < -0.39 is 0 Å². The van der Waals surface area contributed by atoms with Gasteiger partial charge in [0.2, 0.25) is 0 Å². The summed E-state index contributed by atoms with van der Waals surface area (Å²) in [6.07, 6.45) is 8.04. The fourth-order valence-electron chi connectivity index (χ4n) is 4.24. The van der Waals surface area contributed by atoms with Gasteiger partial charge in [0.15, 0.2) is 0 Å². The average Bonchev–Trinajstić information content (AvgIpc) is 2.46. The van der Waals surface area contributed by atoms with Crippen molar-refractivity contribution < 1.29 is 4.74 Å². The van der Waals surface area contributed by atoms with Crippen LogP contribution in [0.1, 0.15) is 59.3 Å². The Hall–Kier alpha value is -0.120. The summed E-state index contributed by atoms with van der Waals surface area (Å²) in [6.45, 7) is 10.3. The Morgan fingerprint density at radius 2 is 1.65 bits per heavy atom. The van der Waals surface area contributed by atoms with Crippen molar-refractivity contribution in [2.24, 2.45) is 17.1 Å². The van der Waals surface area contributed by atoms with Crippen LogP contribution in [0.25, 0.3) is 0 Å². The third-order valence-corrected chi connectivity index (χ3v) is 5.97. The minimum Gasteiger partial charge on any atom is -0.381 e. The number of ether oxygens (including phenoxy) is 1. The maximum absolute atomic E-state index is 6.22. The molecule has 1 aliphatic heterocycles. The lowest BCUT2D eigenvalue weighted by Crippen LogP contribution is -2.58. The Morgan fingerprint density at radius 3 is 2.05 bits per heavy atom. The average molecular weight is 282 g/mol. The van der Waals surface area contributed by atoms with E-state index in [1.807, 2.05) is 7.11 Å². The van der Waals surface area contributed by atoms with Gasteiger partial charge in [-0.05, 0) is 49.9 Å². The normalized spacial score (nSPS) is 34.4. The van der Waals surface area contributed by atoms with Gasteiger partial charge < -0.3 is 10.5 Å². The zero-order chi connectivity index (χ0) is 14.8. The molecule has 0 radical (unpaired) electrons. The number of rotatable bonds is 3. The molecule has 1 heterocycles. The van der Waals surface area contributed by atoms with Crippen molar-refractivity contribution in [1.82, 2.24) is 4.90 Å². The Kier molecular flexibility index (Phi) is 5.14. The van der Waals surface area contributed by atoms with Crippen LogP contribution in [0.2, 0.25) is 0 Å². The van der Waals surface area contributed by atoms with E-state index in [2.05, 4.69) is 25.7 Å². The molecule has 0 atom stereocenters. The molecule has 1 saturated heterocycles. The molecule has 3 nitrogen and oxygen atoms in total. The predicted octanol–water partition coefficient (Wildman–Crippen LogP) is 3.03. The minimum atomic E-state index is 0.278. The predicted molar refractivity (Wildman–Crippen MR) is 84.8 cm³/mol. The van der Waals surface area contributed by atoms with Crippen LogP contribution in [0.4, 0.5) is 0 Å². The van der Waals surface area contributed by atoms with E-state index in [-0.39, 0.29) is 5.54 Å². The molecule has 0 unspecified atom stereocenters. The lowest BCUT2D eigenvalue weighted by molar-refractivity contribution is -0.0289. The SMILES string of the molecule is COC1CCN(C2(CN)CCC(C(C)(C)C)CC2)CC1. The molecule has 0 aromatic carbocycles. The second kappa shape index (κ2) is 6.33. The zero-order valence-electron chi connectivity index (χ0n) is 14.0. The first-order chi connectivity index (χ1) is 9.41. The number of methoxy groups -OCH3 is 1. The summed E-state index contributed by atoms with van der Waals surface area (Å²) >= 11 is 0. The minimum absolute atomic E-state index is 0.278. The molecule has 20 heavy (non-hydrogen) atoms. The van der Waals surface area contributed by atoms with Gasteiger partial charge in [0.1, 0.15) is 0 Å². The van der Waals surface area contributed by atoms with Gasteiger partial charge in [-0.1, -0.05) is 20.8 Å². The standard InChI is InChI=1S/C17H34N2O/c1-16(2,3)14-5-9-17(13-18,10-6-14)19-11-7-15(20-4)8-12-19/h14-15H,5-13,18H2,1-4H3. The molecule has 2 N–H and O–H groups in total. The third kappa shape index (κ3) is 3.37. The largest absolute Gasteiger partial charge is 0.381 e. The first-order valence-electron chi connectivity index (χ1n) is 8.39. The first-order valence-corrected chi connectivity index (χ1v) is 8.39.